The summed E-state index contributed by atoms with van der Waals surface area (Å²) in [6.07, 6.45) is -2.88. The van der Waals surface area contributed by atoms with Crippen molar-refractivity contribution in [2.45, 2.75) is 33.5 Å². The lowest BCUT2D eigenvalue weighted by Gasteiger charge is -2.19. The van der Waals surface area contributed by atoms with E-state index >= 15 is 0 Å². The highest BCUT2D eigenvalue weighted by atomic mass is 19.4. The van der Waals surface area contributed by atoms with Crippen molar-refractivity contribution in [3.05, 3.63) is 59.8 Å². The van der Waals surface area contributed by atoms with Crippen molar-refractivity contribution in [3.63, 3.8) is 0 Å². The van der Waals surface area contributed by atoms with E-state index in [0.717, 1.165) is 11.0 Å². The van der Waals surface area contributed by atoms with Crippen LogP contribution in [-0.2, 0) is 27.1 Å². The molecule has 4 rings (SSSR count). The van der Waals surface area contributed by atoms with Gasteiger partial charge in [0.2, 0.25) is 23.7 Å². The average Bonchev–Trinajstić information content (AvgIpc) is 3.15. The molecule has 0 bridgehead atoms. The third-order valence-corrected chi connectivity index (χ3v) is 5.39. The number of hydrogen-bond acceptors (Lipinski definition) is 5. The van der Waals surface area contributed by atoms with Crippen molar-refractivity contribution < 1.29 is 27.6 Å². The summed E-state index contributed by atoms with van der Waals surface area (Å²) in [5.74, 6) is -1.75. The van der Waals surface area contributed by atoms with Crippen LogP contribution in [-0.4, -0.2) is 32.3 Å². The molecule has 0 aliphatic heterocycles. The van der Waals surface area contributed by atoms with Crippen LogP contribution in [0.5, 0.6) is 0 Å². The van der Waals surface area contributed by atoms with E-state index in [-0.39, 0.29) is 23.9 Å². The Balaban J connectivity index is 1.95. The van der Waals surface area contributed by atoms with Gasteiger partial charge in [-0.3, -0.25) is 19.7 Å². The molecule has 4 aromatic rings. The van der Waals surface area contributed by atoms with Crippen LogP contribution < -0.4 is 10.2 Å². The molecule has 3 amide bonds. The molecule has 2 aromatic heterocycles. The van der Waals surface area contributed by atoms with E-state index in [1.54, 1.807) is 35.0 Å². The highest BCUT2D eigenvalue weighted by molar-refractivity contribution is 6.21. The number of halogens is 3. The van der Waals surface area contributed by atoms with Gasteiger partial charge in [0.15, 0.2) is 5.82 Å². The van der Waals surface area contributed by atoms with Crippen molar-refractivity contribution >= 4 is 51.3 Å². The van der Waals surface area contributed by atoms with Crippen LogP contribution >= 0.6 is 0 Å². The molecule has 1 N–H and O–H groups in total. The second kappa shape index (κ2) is 8.82. The Labute approximate surface area is 197 Å². The Hall–Kier alpha value is -4.28. The largest absolute Gasteiger partial charge is 0.416 e. The van der Waals surface area contributed by atoms with E-state index in [2.05, 4.69) is 15.3 Å². The number of anilines is 2. The predicted molar refractivity (Wildman–Crippen MR) is 124 cm³/mol. The molecule has 0 aliphatic carbocycles. The van der Waals surface area contributed by atoms with Crippen LogP contribution in [0.1, 0.15) is 31.9 Å². The lowest BCUT2D eigenvalue weighted by Crippen LogP contribution is -2.34. The number of nitrogens with one attached hydrogen (secondary N) is 1. The summed E-state index contributed by atoms with van der Waals surface area (Å²) >= 11 is 0. The van der Waals surface area contributed by atoms with E-state index in [1.807, 2.05) is 0 Å². The van der Waals surface area contributed by atoms with Crippen LogP contribution in [0.3, 0.4) is 0 Å². The molecule has 0 aliphatic rings. The van der Waals surface area contributed by atoms with E-state index < -0.39 is 29.5 Å². The monoisotopic (exact) mass is 483 g/mol. The van der Waals surface area contributed by atoms with Gasteiger partial charge in [-0.1, -0.05) is 18.2 Å². The number of hydrogen-bond donors (Lipinski definition) is 1. The van der Waals surface area contributed by atoms with Crippen LogP contribution in [0.25, 0.3) is 21.8 Å². The van der Waals surface area contributed by atoms with Crippen LogP contribution in [0.15, 0.2) is 48.7 Å². The number of carbonyl (C=O) groups excluding carboxylic acids is 3. The van der Waals surface area contributed by atoms with Gasteiger partial charge < -0.3 is 4.57 Å². The molecule has 0 saturated carbocycles. The number of aromatic nitrogens is 3. The standard InChI is InChI=1S/C24H20F3N5O3/c1-13(33)28-23-29-19-8-9-20-17(21(19)22(30-23)32(14(2)34)15(3)35)10-11-31(20)12-16-6-4-5-7-18(16)24(25,26)27/h4-11H,12H2,1-3H3,(H,28,29,30,33). The number of rotatable bonds is 4. The smallest absolute Gasteiger partial charge is 0.343 e. The average molecular weight is 483 g/mol. The van der Waals surface area contributed by atoms with Gasteiger partial charge in [0.1, 0.15) is 0 Å². The summed E-state index contributed by atoms with van der Waals surface area (Å²) in [7, 11) is 0. The normalized spacial score (nSPS) is 11.6. The maximum Gasteiger partial charge on any atom is 0.416 e. The molecular weight excluding hydrogens is 463 g/mol. The number of nitrogens with zero attached hydrogens (tertiary/aromatic N) is 4. The number of fused-ring (bicyclic) bond motifs is 3. The Morgan fingerprint density at radius 2 is 1.66 bits per heavy atom. The van der Waals surface area contributed by atoms with Crippen LogP contribution in [0, 0.1) is 0 Å². The van der Waals surface area contributed by atoms with Gasteiger partial charge in [0.25, 0.3) is 0 Å². The minimum absolute atomic E-state index is 0.0298. The van der Waals surface area contributed by atoms with Gasteiger partial charge in [-0.2, -0.15) is 18.2 Å². The van der Waals surface area contributed by atoms with Gasteiger partial charge in [-0.15, -0.1) is 0 Å². The molecule has 0 fully saturated rings. The first-order chi connectivity index (χ1) is 16.5. The molecule has 2 aromatic carbocycles. The van der Waals surface area contributed by atoms with Crippen molar-refractivity contribution in [2.75, 3.05) is 10.2 Å². The third-order valence-electron chi connectivity index (χ3n) is 5.39. The van der Waals surface area contributed by atoms with Crippen LogP contribution in [0.2, 0.25) is 0 Å². The van der Waals surface area contributed by atoms with E-state index in [0.29, 0.717) is 21.8 Å². The molecule has 0 spiro atoms. The molecule has 0 unspecified atom stereocenters. The summed E-state index contributed by atoms with van der Waals surface area (Å²) in [6, 6.07) is 10.3. The number of benzene rings is 2. The summed E-state index contributed by atoms with van der Waals surface area (Å²) in [4.78, 5) is 45.6. The maximum absolute atomic E-state index is 13.5. The quantitative estimate of drug-likeness (QED) is 0.461. The van der Waals surface area contributed by atoms with E-state index in [4.69, 9.17) is 0 Å². The highest BCUT2D eigenvalue weighted by Crippen LogP contribution is 2.35. The van der Waals surface area contributed by atoms with Gasteiger partial charge in [0, 0.05) is 44.4 Å². The fourth-order valence-corrected chi connectivity index (χ4v) is 4.04. The molecule has 0 atom stereocenters. The van der Waals surface area contributed by atoms with Crippen molar-refractivity contribution in [2.24, 2.45) is 0 Å². The Morgan fingerprint density at radius 1 is 0.971 bits per heavy atom. The maximum atomic E-state index is 13.5. The van der Waals surface area contributed by atoms with Crippen molar-refractivity contribution in [1.82, 2.24) is 14.5 Å². The number of carbonyl (C=O) groups is 3. The number of imide groups is 1. The molecule has 0 radical (unpaired) electrons. The topological polar surface area (TPSA) is 97.2 Å². The van der Waals surface area contributed by atoms with Crippen molar-refractivity contribution in [3.8, 4) is 0 Å². The van der Waals surface area contributed by atoms with Crippen molar-refractivity contribution in [1.29, 1.82) is 0 Å². The molecule has 11 heteroatoms. The molecule has 35 heavy (non-hydrogen) atoms. The summed E-state index contributed by atoms with van der Waals surface area (Å²) in [6.45, 7) is 3.61. The fraction of sp³-hybridized carbons (Fsp3) is 0.208. The number of alkyl halides is 3. The Morgan fingerprint density at radius 3 is 2.29 bits per heavy atom. The fourth-order valence-electron chi connectivity index (χ4n) is 4.04. The highest BCUT2D eigenvalue weighted by Gasteiger charge is 2.33. The zero-order valence-corrected chi connectivity index (χ0v) is 19.0. The van der Waals surface area contributed by atoms with E-state index in [1.165, 1.54) is 32.9 Å². The summed E-state index contributed by atoms with van der Waals surface area (Å²) in [5.41, 5.74) is 0.251. The SMILES string of the molecule is CC(=O)Nc1nc(N(C(C)=O)C(C)=O)c2c(ccc3c2ccn3Cc2ccccc2C(F)(F)F)n1. The first kappa shape index (κ1) is 23.9. The lowest BCUT2D eigenvalue weighted by atomic mass is 10.1. The summed E-state index contributed by atoms with van der Waals surface area (Å²) in [5, 5.41) is 3.34. The van der Waals surface area contributed by atoms with Gasteiger partial charge >= 0.3 is 6.18 Å². The zero-order valence-electron chi connectivity index (χ0n) is 19.0. The Kier molecular flexibility index (Phi) is 6.01. The third kappa shape index (κ3) is 4.57. The molecule has 0 saturated heterocycles. The molecule has 180 valence electrons. The minimum atomic E-state index is -4.50. The first-order valence-corrected chi connectivity index (χ1v) is 10.5. The number of amides is 3. The molecular formula is C24H20F3N5O3. The second-order valence-electron chi connectivity index (χ2n) is 7.92. The second-order valence-corrected chi connectivity index (χ2v) is 7.92. The van der Waals surface area contributed by atoms with Gasteiger partial charge in [-0.25, -0.2) is 9.88 Å². The first-order valence-electron chi connectivity index (χ1n) is 10.5. The lowest BCUT2D eigenvalue weighted by molar-refractivity contribution is -0.138. The van der Waals surface area contributed by atoms with Gasteiger partial charge in [0.05, 0.1) is 16.5 Å². The summed E-state index contributed by atoms with van der Waals surface area (Å²) < 4.78 is 42.1. The van der Waals surface area contributed by atoms with Crippen LogP contribution in [0.4, 0.5) is 24.9 Å². The molecule has 8 nitrogen and oxygen atoms in total. The predicted octanol–water partition coefficient (Wildman–Crippen LogP) is 4.51. The zero-order chi connectivity index (χ0) is 25.5. The van der Waals surface area contributed by atoms with E-state index in [9.17, 15) is 27.6 Å². The molecule has 2 heterocycles. The Bertz CT molecular complexity index is 1480. The van der Waals surface area contributed by atoms with Gasteiger partial charge in [-0.05, 0) is 29.8 Å². The minimum Gasteiger partial charge on any atom is -0.343 e.